The van der Waals surface area contributed by atoms with Gasteiger partial charge in [0.1, 0.15) is 19.0 Å². The van der Waals surface area contributed by atoms with Crippen molar-refractivity contribution in [1.82, 2.24) is 5.32 Å². The molecule has 2 N–H and O–H groups in total. The smallest absolute Gasteiger partial charge is 0.250 e. The molecule has 5 nitrogen and oxygen atoms in total. The molecule has 1 amide bonds. The molecule has 0 aliphatic rings. The van der Waals surface area contributed by atoms with E-state index in [1.165, 1.54) is 35.1 Å². The number of nitrogens with one attached hydrogen (secondary N) is 2. The lowest BCUT2D eigenvalue weighted by molar-refractivity contribution is -0.121. The summed E-state index contributed by atoms with van der Waals surface area (Å²) < 4.78 is 11.7. The number of rotatable bonds is 17. The van der Waals surface area contributed by atoms with Crippen LogP contribution in [-0.4, -0.2) is 25.6 Å². The fourth-order valence-electron chi connectivity index (χ4n) is 4.71. The van der Waals surface area contributed by atoms with Gasteiger partial charge in [0.2, 0.25) is 5.91 Å². The van der Waals surface area contributed by atoms with Crippen LogP contribution in [0.1, 0.15) is 47.6 Å². The molecule has 0 atom stereocenters. The van der Waals surface area contributed by atoms with E-state index in [9.17, 15) is 4.79 Å². The lowest BCUT2D eigenvalue weighted by Gasteiger charge is -2.14. The molecule has 5 heteroatoms. The molecule has 4 aromatic carbocycles. The van der Waals surface area contributed by atoms with E-state index in [4.69, 9.17) is 9.47 Å². The number of ether oxygens (including phenoxy) is 2. The molecule has 41 heavy (non-hydrogen) atoms. The molecule has 0 heterocycles. The van der Waals surface area contributed by atoms with Crippen molar-refractivity contribution in [2.24, 2.45) is 0 Å². The van der Waals surface area contributed by atoms with E-state index in [1.807, 2.05) is 54.6 Å². The number of carbonyl (C=O) groups is 1. The Labute approximate surface area is 244 Å². The molecular weight excluding hydrogens is 508 g/mol. The summed E-state index contributed by atoms with van der Waals surface area (Å²) in [5, 5.41) is 6.45. The summed E-state index contributed by atoms with van der Waals surface area (Å²) in [5.41, 5.74) is 7.08. The van der Waals surface area contributed by atoms with Crippen molar-refractivity contribution in [3.05, 3.63) is 131 Å². The van der Waals surface area contributed by atoms with E-state index >= 15 is 0 Å². The Morgan fingerprint density at radius 2 is 1.41 bits per heavy atom. The molecule has 0 bridgehead atoms. The highest BCUT2D eigenvalue weighted by atomic mass is 16.5. The second kappa shape index (κ2) is 17.0. The van der Waals surface area contributed by atoms with Gasteiger partial charge in [-0.05, 0) is 90.9 Å². The van der Waals surface area contributed by atoms with E-state index in [-0.39, 0.29) is 12.5 Å². The minimum atomic E-state index is -0.149. The number of unbranched alkanes of at least 4 members (excludes halogenated alkanes) is 1. The number of hydrogen-bond acceptors (Lipinski definition) is 4. The van der Waals surface area contributed by atoms with Gasteiger partial charge in [0.25, 0.3) is 0 Å². The standard InChI is InChI=1S/C36H42N2O3/c1-2-3-15-33-25-35(41-27-30-11-6-4-7-12-30)19-18-32(33)21-23-37-22-20-29-13-10-14-31(24-29)26-40-28-36(39)38-34-16-8-5-9-17-34/h4-14,16-19,24-25,37H,2-3,15,20-23,26-28H2,1H3,(H,38,39). The summed E-state index contributed by atoms with van der Waals surface area (Å²) in [5.74, 6) is 0.793. The number of amides is 1. The van der Waals surface area contributed by atoms with Crippen molar-refractivity contribution in [3.63, 3.8) is 0 Å². The van der Waals surface area contributed by atoms with Crippen molar-refractivity contribution in [2.45, 2.75) is 52.2 Å². The summed E-state index contributed by atoms with van der Waals surface area (Å²) in [6.45, 7) is 5.11. The van der Waals surface area contributed by atoms with Crippen LogP contribution in [0.5, 0.6) is 5.75 Å². The molecule has 0 aliphatic heterocycles. The van der Waals surface area contributed by atoms with Crippen molar-refractivity contribution >= 4 is 11.6 Å². The highest BCUT2D eigenvalue weighted by molar-refractivity contribution is 5.91. The zero-order chi connectivity index (χ0) is 28.5. The van der Waals surface area contributed by atoms with E-state index in [0.717, 1.165) is 49.4 Å². The minimum Gasteiger partial charge on any atom is -0.489 e. The van der Waals surface area contributed by atoms with E-state index in [0.29, 0.717) is 13.2 Å². The molecule has 0 saturated heterocycles. The van der Waals surface area contributed by atoms with Gasteiger partial charge in [0, 0.05) is 5.69 Å². The zero-order valence-corrected chi connectivity index (χ0v) is 24.1. The van der Waals surface area contributed by atoms with Crippen molar-refractivity contribution in [1.29, 1.82) is 0 Å². The third kappa shape index (κ3) is 10.9. The Hall–Kier alpha value is -3.93. The molecule has 4 rings (SSSR count). The summed E-state index contributed by atoms with van der Waals surface area (Å²) in [6, 6.07) is 34.7. The number of anilines is 1. The summed E-state index contributed by atoms with van der Waals surface area (Å²) in [6.07, 6.45) is 5.38. The lowest BCUT2D eigenvalue weighted by atomic mass is 9.99. The Kier molecular flexibility index (Phi) is 12.5. The van der Waals surface area contributed by atoms with Crippen molar-refractivity contribution in [3.8, 4) is 5.75 Å². The Morgan fingerprint density at radius 3 is 2.22 bits per heavy atom. The first kappa shape index (κ1) is 30.0. The number of benzene rings is 4. The van der Waals surface area contributed by atoms with E-state index in [1.54, 1.807) is 0 Å². The number of aryl methyl sites for hydroxylation is 1. The molecule has 4 aromatic rings. The maximum atomic E-state index is 12.1. The molecule has 214 valence electrons. The highest BCUT2D eigenvalue weighted by Gasteiger charge is 2.07. The van der Waals surface area contributed by atoms with Crippen LogP contribution in [0.15, 0.2) is 103 Å². The van der Waals surface area contributed by atoms with Gasteiger partial charge >= 0.3 is 0 Å². The van der Waals surface area contributed by atoms with Gasteiger partial charge in [-0.15, -0.1) is 0 Å². The molecule has 0 fully saturated rings. The van der Waals surface area contributed by atoms with E-state index in [2.05, 4.69) is 66.1 Å². The second-order valence-corrected chi connectivity index (χ2v) is 10.3. The van der Waals surface area contributed by atoms with Gasteiger partial charge in [0.05, 0.1) is 6.61 Å². The number of carbonyl (C=O) groups excluding carboxylic acids is 1. The Bertz CT molecular complexity index is 1330. The molecule has 0 spiro atoms. The first-order chi connectivity index (χ1) is 20.2. The summed E-state index contributed by atoms with van der Waals surface area (Å²) >= 11 is 0. The first-order valence-electron chi connectivity index (χ1n) is 14.7. The molecule has 0 radical (unpaired) electrons. The van der Waals surface area contributed by atoms with Crippen LogP contribution in [0.2, 0.25) is 0 Å². The quantitative estimate of drug-likeness (QED) is 0.137. The minimum absolute atomic E-state index is 0.0288. The van der Waals surface area contributed by atoms with Crippen LogP contribution >= 0.6 is 0 Å². The predicted molar refractivity (Wildman–Crippen MR) is 167 cm³/mol. The van der Waals surface area contributed by atoms with Crippen LogP contribution in [0.3, 0.4) is 0 Å². The fourth-order valence-corrected chi connectivity index (χ4v) is 4.71. The third-order valence-electron chi connectivity index (χ3n) is 6.94. The van der Waals surface area contributed by atoms with Gasteiger partial charge in [-0.1, -0.05) is 92.2 Å². The molecule has 0 aromatic heterocycles. The van der Waals surface area contributed by atoms with Gasteiger partial charge in [-0.25, -0.2) is 0 Å². The van der Waals surface area contributed by atoms with Gasteiger partial charge in [-0.2, -0.15) is 0 Å². The summed E-state index contributed by atoms with van der Waals surface area (Å²) in [7, 11) is 0. The zero-order valence-electron chi connectivity index (χ0n) is 24.1. The van der Waals surface area contributed by atoms with Crippen LogP contribution in [0.4, 0.5) is 5.69 Å². The van der Waals surface area contributed by atoms with Crippen LogP contribution in [0.25, 0.3) is 0 Å². The maximum Gasteiger partial charge on any atom is 0.250 e. The van der Waals surface area contributed by atoms with Crippen LogP contribution in [0, 0.1) is 0 Å². The maximum absolute atomic E-state index is 12.1. The molecular formula is C36H42N2O3. The third-order valence-corrected chi connectivity index (χ3v) is 6.94. The number of para-hydroxylation sites is 1. The fraction of sp³-hybridized carbons (Fsp3) is 0.306. The average molecular weight is 551 g/mol. The van der Waals surface area contributed by atoms with Crippen LogP contribution < -0.4 is 15.4 Å². The Morgan fingerprint density at radius 1 is 0.683 bits per heavy atom. The Balaban J connectivity index is 1.18. The second-order valence-electron chi connectivity index (χ2n) is 10.3. The van der Waals surface area contributed by atoms with Crippen molar-refractivity contribution in [2.75, 3.05) is 25.0 Å². The monoisotopic (exact) mass is 550 g/mol. The van der Waals surface area contributed by atoms with E-state index < -0.39 is 0 Å². The lowest BCUT2D eigenvalue weighted by Crippen LogP contribution is -2.20. The average Bonchev–Trinajstić information content (AvgIpc) is 3.00. The molecule has 0 aliphatic carbocycles. The first-order valence-corrected chi connectivity index (χ1v) is 14.7. The van der Waals surface area contributed by atoms with Gasteiger partial charge < -0.3 is 20.1 Å². The molecule has 0 saturated carbocycles. The predicted octanol–water partition coefficient (Wildman–Crippen LogP) is 7.14. The topological polar surface area (TPSA) is 59.6 Å². The van der Waals surface area contributed by atoms with Crippen LogP contribution in [-0.2, 0) is 42.0 Å². The highest BCUT2D eigenvalue weighted by Crippen LogP contribution is 2.21. The van der Waals surface area contributed by atoms with Gasteiger partial charge in [-0.3, -0.25) is 4.79 Å². The number of hydrogen-bond donors (Lipinski definition) is 2. The summed E-state index contributed by atoms with van der Waals surface area (Å²) in [4.78, 5) is 12.1. The molecule has 0 unspecified atom stereocenters. The SMILES string of the molecule is CCCCc1cc(OCc2ccccc2)ccc1CCNCCc1cccc(COCC(=O)Nc2ccccc2)c1. The van der Waals surface area contributed by atoms with Crippen molar-refractivity contribution < 1.29 is 14.3 Å². The normalized spacial score (nSPS) is 10.9. The largest absolute Gasteiger partial charge is 0.489 e. The van der Waals surface area contributed by atoms with Gasteiger partial charge in [0.15, 0.2) is 0 Å².